The van der Waals surface area contributed by atoms with Gasteiger partial charge in [0.15, 0.2) is 0 Å². The Hall–Kier alpha value is -2.21. The normalized spacial score (nSPS) is 10.6. The van der Waals surface area contributed by atoms with Crippen molar-refractivity contribution < 1.29 is 4.92 Å². The smallest absolute Gasteiger partial charge is 0.272 e. The van der Waals surface area contributed by atoms with E-state index in [0.29, 0.717) is 18.7 Å². The highest BCUT2D eigenvalue weighted by Crippen LogP contribution is 2.20. The van der Waals surface area contributed by atoms with E-state index in [4.69, 9.17) is 0 Å². The lowest BCUT2D eigenvalue weighted by Gasteiger charge is -2.07. The zero-order valence-corrected chi connectivity index (χ0v) is 11.0. The van der Waals surface area contributed by atoms with Gasteiger partial charge in [-0.1, -0.05) is 12.1 Å². The summed E-state index contributed by atoms with van der Waals surface area (Å²) in [5.41, 5.74) is 2.76. The first kappa shape index (κ1) is 13.2. The van der Waals surface area contributed by atoms with Gasteiger partial charge < -0.3 is 5.32 Å². The Morgan fingerprint density at radius 1 is 1.37 bits per heavy atom. The number of aryl methyl sites for hydroxylation is 1. The topological polar surface area (TPSA) is 73.0 Å². The SMILES string of the molecule is Cc1c(CNCc2ccn(C)n2)cccc1[N+](=O)[O-]. The zero-order chi connectivity index (χ0) is 13.8. The van der Waals surface area contributed by atoms with E-state index in [2.05, 4.69) is 10.4 Å². The number of aromatic nitrogens is 2. The molecule has 2 rings (SSSR count). The number of rotatable bonds is 5. The van der Waals surface area contributed by atoms with E-state index >= 15 is 0 Å². The lowest BCUT2D eigenvalue weighted by molar-refractivity contribution is -0.385. The molecule has 0 bridgehead atoms. The molecule has 0 atom stereocenters. The molecule has 2 aromatic rings. The van der Waals surface area contributed by atoms with Gasteiger partial charge in [-0.15, -0.1) is 0 Å². The van der Waals surface area contributed by atoms with Gasteiger partial charge in [0.25, 0.3) is 5.69 Å². The third-order valence-corrected chi connectivity index (χ3v) is 3.00. The molecule has 1 N–H and O–H groups in total. The lowest BCUT2D eigenvalue weighted by atomic mass is 10.1. The lowest BCUT2D eigenvalue weighted by Crippen LogP contribution is -2.14. The number of nitro benzene ring substituents is 1. The van der Waals surface area contributed by atoms with Crippen molar-refractivity contribution >= 4 is 5.69 Å². The molecule has 0 radical (unpaired) electrons. The van der Waals surface area contributed by atoms with Gasteiger partial charge in [0.2, 0.25) is 0 Å². The van der Waals surface area contributed by atoms with Crippen molar-refractivity contribution in [3.8, 4) is 0 Å². The number of benzene rings is 1. The summed E-state index contributed by atoms with van der Waals surface area (Å²) < 4.78 is 1.75. The molecule has 100 valence electrons. The Balaban J connectivity index is 2.00. The maximum absolute atomic E-state index is 10.8. The second-order valence-electron chi connectivity index (χ2n) is 4.40. The number of hydrogen-bond acceptors (Lipinski definition) is 4. The minimum absolute atomic E-state index is 0.164. The van der Waals surface area contributed by atoms with Crippen molar-refractivity contribution in [2.75, 3.05) is 0 Å². The minimum Gasteiger partial charge on any atom is -0.307 e. The molecule has 1 heterocycles. The summed E-state index contributed by atoms with van der Waals surface area (Å²) in [5.74, 6) is 0. The zero-order valence-electron chi connectivity index (χ0n) is 11.0. The van der Waals surface area contributed by atoms with E-state index < -0.39 is 0 Å². The van der Waals surface area contributed by atoms with Gasteiger partial charge >= 0.3 is 0 Å². The average Bonchev–Trinajstić information content (AvgIpc) is 2.77. The Labute approximate surface area is 111 Å². The third kappa shape index (κ3) is 3.17. The molecule has 19 heavy (non-hydrogen) atoms. The van der Waals surface area contributed by atoms with Crippen LogP contribution in [0, 0.1) is 17.0 Å². The van der Waals surface area contributed by atoms with Crippen molar-refractivity contribution in [2.45, 2.75) is 20.0 Å². The highest BCUT2D eigenvalue weighted by atomic mass is 16.6. The van der Waals surface area contributed by atoms with E-state index in [-0.39, 0.29) is 10.6 Å². The van der Waals surface area contributed by atoms with Crippen LogP contribution in [0.1, 0.15) is 16.8 Å². The summed E-state index contributed by atoms with van der Waals surface area (Å²) >= 11 is 0. The van der Waals surface area contributed by atoms with Crippen LogP contribution >= 0.6 is 0 Å². The van der Waals surface area contributed by atoms with Gasteiger partial charge in [0, 0.05) is 38.0 Å². The second-order valence-corrected chi connectivity index (χ2v) is 4.40. The molecule has 0 saturated heterocycles. The van der Waals surface area contributed by atoms with Gasteiger partial charge in [-0.3, -0.25) is 14.8 Å². The first-order valence-electron chi connectivity index (χ1n) is 6.00. The van der Waals surface area contributed by atoms with Crippen molar-refractivity contribution in [1.29, 1.82) is 0 Å². The van der Waals surface area contributed by atoms with Gasteiger partial charge in [-0.05, 0) is 18.6 Å². The summed E-state index contributed by atoms with van der Waals surface area (Å²) in [4.78, 5) is 10.5. The van der Waals surface area contributed by atoms with Crippen molar-refractivity contribution in [3.05, 3.63) is 57.4 Å². The van der Waals surface area contributed by atoms with Gasteiger partial charge in [-0.2, -0.15) is 5.10 Å². The fourth-order valence-electron chi connectivity index (χ4n) is 1.94. The van der Waals surface area contributed by atoms with Crippen LogP contribution in [0.2, 0.25) is 0 Å². The van der Waals surface area contributed by atoms with Crippen molar-refractivity contribution in [3.63, 3.8) is 0 Å². The highest BCUT2D eigenvalue weighted by molar-refractivity contribution is 5.44. The van der Waals surface area contributed by atoms with Crippen LogP contribution in [0.5, 0.6) is 0 Å². The first-order chi connectivity index (χ1) is 9.08. The summed E-state index contributed by atoms with van der Waals surface area (Å²) in [5, 5.41) is 18.3. The van der Waals surface area contributed by atoms with Crippen molar-refractivity contribution in [1.82, 2.24) is 15.1 Å². The summed E-state index contributed by atoms with van der Waals surface area (Å²) in [6.07, 6.45) is 1.88. The van der Waals surface area contributed by atoms with E-state index in [1.54, 1.807) is 17.7 Å². The van der Waals surface area contributed by atoms with Gasteiger partial charge in [-0.25, -0.2) is 0 Å². The van der Waals surface area contributed by atoms with Gasteiger partial charge in [0.05, 0.1) is 10.6 Å². The maximum Gasteiger partial charge on any atom is 0.272 e. The molecule has 0 saturated carbocycles. The first-order valence-corrected chi connectivity index (χ1v) is 6.00. The quantitative estimate of drug-likeness (QED) is 0.658. The highest BCUT2D eigenvalue weighted by Gasteiger charge is 2.12. The van der Waals surface area contributed by atoms with E-state index in [1.807, 2.05) is 25.4 Å². The molecule has 6 heteroatoms. The number of nitrogens with zero attached hydrogens (tertiary/aromatic N) is 3. The summed E-state index contributed by atoms with van der Waals surface area (Å²) in [6.45, 7) is 3.00. The number of nitro groups is 1. The van der Waals surface area contributed by atoms with Crippen LogP contribution in [0.25, 0.3) is 0 Å². The van der Waals surface area contributed by atoms with Crippen LogP contribution < -0.4 is 5.32 Å². The Morgan fingerprint density at radius 2 is 2.16 bits per heavy atom. The fourth-order valence-corrected chi connectivity index (χ4v) is 1.94. The molecule has 0 unspecified atom stereocenters. The predicted octanol–water partition coefficient (Wildman–Crippen LogP) is 1.93. The molecule has 0 aliphatic carbocycles. The van der Waals surface area contributed by atoms with Crippen molar-refractivity contribution in [2.24, 2.45) is 7.05 Å². The third-order valence-electron chi connectivity index (χ3n) is 3.00. The molecule has 0 spiro atoms. The molecule has 0 fully saturated rings. The maximum atomic E-state index is 10.8. The fraction of sp³-hybridized carbons (Fsp3) is 0.308. The van der Waals surface area contributed by atoms with Crippen LogP contribution in [-0.4, -0.2) is 14.7 Å². The van der Waals surface area contributed by atoms with Crippen LogP contribution in [0.3, 0.4) is 0 Å². The molecular weight excluding hydrogens is 244 g/mol. The standard InChI is InChI=1S/C13H16N4O2/c1-10-11(4-3-5-13(10)17(18)19)8-14-9-12-6-7-16(2)15-12/h3-7,14H,8-9H2,1-2H3. The summed E-state index contributed by atoms with van der Waals surface area (Å²) in [7, 11) is 1.87. The molecule has 6 nitrogen and oxygen atoms in total. The largest absolute Gasteiger partial charge is 0.307 e. The Morgan fingerprint density at radius 3 is 2.79 bits per heavy atom. The molecule has 1 aromatic heterocycles. The van der Waals surface area contributed by atoms with Gasteiger partial charge in [0.1, 0.15) is 0 Å². The molecule has 0 aliphatic rings. The minimum atomic E-state index is -0.350. The Bertz CT molecular complexity index is 592. The van der Waals surface area contributed by atoms with Crippen LogP contribution in [0.4, 0.5) is 5.69 Å². The van der Waals surface area contributed by atoms with E-state index in [0.717, 1.165) is 11.3 Å². The second kappa shape index (κ2) is 5.62. The van der Waals surface area contributed by atoms with Crippen LogP contribution in [-0.2, 0) is 20.1 Å². The van der Waals surface area contributed by atoms with E-state index in [1.165, 1.54) is 6.07 Å². The molecule has 0 amide bonds. The molecule has 1 aromatic carbocycles. The number of hydrogen-bond donors (Lipinski definition) is 1. The average molecular weight is 260 g/mol. The Kier molecular flexibility index (Phi) is 3.91. The summed E-state index contributed by atoms with van der Waals surface area (Å²) in [6, 6.07) is 7.07. The number of nitrogens with one attached hydrogen (secondary N) is 1. The molecular formula is C13H16N4O2. The van der Waals surface area contributed by atoms with Crippen LogP contribution in [0.15, 0.2) is 30.5 Å². The monoisotopic (exact) mass is 260 g/mol. The van der Waals surface area contributed by atoms with E-state index in [9.17, 15) is 10.1 Å². The predicted molar refractivity (Wildman–Crippen MR) is 71.6 cm³/mol. The molecule has 0 aliphatic heterocycles.